The Morgan fingerprint density at radius 1 is 1.24 bits per heavy atom. The molecule has 2 amide bonds. The SMILES string of the molecule is O=C(NC1CCN(C(=O)C2CC2)CC1)c1cnccc1Cl. The van der Waals surface area contributed by atoms with Gasteiger partial charge in [0.1, 0.15) is 0 Å². The second kappa shape index (κ2) is 6.02. The van der Waals surface area contributed by atoms with Crippen molar-refractivity contribution in [1.29, 1.82) is 0 Å². The van der Waals surface area contributed by atoms with Crippen molar-refractivity contribution in [2.45, 2.75) is 31.7 Å². The standard InChI is InChI=1S/C15H18ClN3O2/c16-13-3-6-17-9-12(13)14(20)18-11-4-7-19(8-5-11)15(21)10-1-2-10/h3,6,9-11H,1-2,4-5,7-8H2,(H,18,20). The summed E-state index contributed by atoms with van der Waals surface area (Å²) in [5.41, 5.74) is 0.399. The lowest BCUT2D eigenvalue weighted by Gasteiger charge is -2.32. The highest BCUT2D eigenvalue weighted by Crippen LogP contribution is 2.31. The summed E-state index contributed by atoms with van der Waals surface area (Å²) in [5.74, 6) is 0.362. The van der Waals surface area contributed by atoms with Crippen LogP contribution in [0, 0.1) is 5.92 Å². The zero-order valence-electron chi connectivity index (χ0n) is 11.7. The molecule has 1 aromatic heterocycles. The van der Waals surface area contributed by atoms with E-state index in [2.05, 4.69) is 10.3 Å². The number of hydrogen-bond donors (Lipinski definition) is 1. The molecule has 2 aliphatic rings. The third-order valence-electron chi connectivity index (χ3n) is 4.08. The monoisotopic (exact) mass is 307 g/mol. The van der Waals surface area contributed by atoms with Gasteiger partial charge in [0, 0.05) is 37.4 Å². The highest BCUT2D eigenvalue weighted by Gasteiger charge is 2.35. The van der Waals surface area contributed by atoms with Crippen LogP contribution in [0.15, 0.2) is 18.5 Å². The van der Waals surface area contributed by atoms with Gasteiger partial charge in [-0.1, -0.05) is 11.6 Å². The highest BCUT2D eigenvalue weighted by atomic mass is 35.5. The number of amides is 2. The maximum atomic E-state index is 12.2. The zero-order chi connectivity index (χ0) is 14.8. The molecular formula is C15H18ClN3O2. The first-order valence-electron chi connectivity index (χ1n) is 7.34. The van der Waals surface area contributed by atoms with Gasteiger partial charge in [-0.3, -0.25) is 14.6 Å². The van der Waals surface area contributed by atoms with Crippen LogP contribution in [-0.2, 0) is 4.79 Å². The highest BCUT2D eigenvalue weighted by molar-refractivity contribution is 6.33. The molecule has 0 aromatic carbocycles. The van der Waals surface area contributed by atoms with Gasteiger partial charge < -0.3 is 10.2 Å². The predicted octanol–water partition coefficient (Wildman–Crippen LogP) is 1.87. The summed E-state index contributed by atoms with van der Waals surface area (Å²) in [7, 11) is 0. The Bertz CT molecular complexity index is 552. The first kappa shape index (κ1) is 14.3. The lowest BCUT2D eigenvalue weighted by atomic mass is 10.0. The lowest BCUT2D eigenvalue weighted by molar-refractivity contribution is -0.133. The Morgan fingerprint density at radius 2 is 1.95 bits per heavy atom. The minimum atomic E-state index is -0.194. The molecule has 21 heavy (non-hydrogen) atoms. The van der Waals surface area contributed by atoms with Crippen molar-refractivity contribution >= 4 is 23.4 Å². The van der Waals surface area contributed by atoms with Gasteiger partial charge in [-0.05, 0) is 31.7 Å². The summed E-state index contributed by atoms with van der Waals surface area (Å²) in [5, 5.41) is 3.39. The van der Waals surface area contributed by atoms with Crippen LogP contribution < -0.4 is 5.32 Å². The van der Waals surface area contributed by atoms with Crippen LogP contribution in [-0.4, -0.2) is 40.8 Å². The molecule has 1 aromatic rings. The van der Waals surface area contributed by atoms with Crippen molar-refractivity contribution in [2.24, 2.45) is 5.92 Å². The van der Waals surface area contributed by atoms with Crippen LogP contribution in [0.25, 0.3) is 0 Å². The number of aromatic nitrogens is 1. The molecule has 0 bridgehead atoms. The van der Waals surface area contributed by atoms with Gasteiger partial charge in [0.15, 0.2) is 0 Å². The van der Waals surface area contributed by atoms with Gasteiger partial charge in [0.2, 0.25) is 5.91 Å². The molecule has 1 aliphatic carbocycles. The van der Waals surface area contributed by atoms with Gasteiger partial charge in [-0.2, -0.15) is 0 Å². The van der Waals surface area contributed by atoms with Crippen LogP contribution in [0.3, 0.4) is 0 Å². The van der Waals surface area contributed by atoms with Crippen LogP contribution >= 0.6 is 11.6 Å². The lowest BCUT2D eigenvalue weighted by Crippen LogP contribution is -2.47. The number of carbonyl (C=O) groups excluding carboxylic acids is 2. The number of halogens is 1. The van der Waals surface area contributed by atoms with Crippen molar-refractivity contribution in [1.82, 2.24) is 15.2 Å². The Morgan fingerprint density at radius 3 is 2.57 bits per heavy atom. The molecule has 0 unspecified atom stereocenters. The molecule has 2 fully saturated rings. The summed E-state index contributed by atoms with van der Waals surface area (Å²) in [4.78, 5) is 30.0. The van der Waals surface area contributed by atoms with E-state index in [0.717, 1.165) is 38.8 Å². The number of carbonyl (C=O) groups is 2. The summed E-state index contributed by atoms with van der Waals surface area (Å²) < 4.78 is 0. The van der Waals surface area contributed by atoms with Crippen molar-refractivity contribution in [3.8, 4) is 0 Å². The van der Waals surface area contributed by atoms with E-state index < -0.39 is 0 Å². The van der Waals surface area contributed by atoms with E-state index in [4.69, 9.17) is 11.6 Å². The second-order valence-electron chi connectivity index (χ2n) is 5.70. The molecule has 3 rings (SSSR count). The normalized spacial score (nSPS) is 19.4. The minimum Gasteiger partial charge on any atom is -0.349 e. The van der Waals surface area contributed by atoms with Crippen LogP contribution in [0.4, 0.5) is 0 Å². The molecule has 1 saturated carbocycles. The number of rotatable bonds is 3. The number of pyridine rings is 1. The number of likely N-dealkylation sites (tertiary alicyclic amines) is 1. The number of hydrogen-bond acceptors (Lipinski definition) is 3. The first-order chi connectivity index (χ1) is 10.1. The summed E-state index contributed by atoms with van der Waals surface area (Å²) in [6.07, 6.45) is 6.69. The van der Waals surface area contributed by atoms with E-state index in [1.165, 1.54) is 6.20 Å². The van der Waals surface area contributed by atoms with Crippen LogP contribution in [0.5, 0.6) is 0 Å². The average Bonchev–Trinajstić information content (AvgIpc) is 3.32. The molecule has 6 heteroatoms. The molecule has 0 atom stereocenters. The molecule has 0 spiro atoms. The Hall–Kier alpha value is -1.62. The van der Waals surface area contributed by atoms with Crippen molar-refractivity contribution < 1.29 is 9.59 Å². The fourth-order valence-corrected chi connectivity index (χ4v) is 2.83. The number of nitrogens with one attached hydrogen (secondary N) is 1. The smallest absolute Gasteiger partial charge is 0.254 e. The fourth-order valence-electron chi connectivity index (χ4n) is 2.64. The van der Waals surface area contributed by atoms with Gasteiger partial charge in [-0.15, -0.1) is 0 Å². The van der Waals surface area contributed by atoms with Crippen LogP contribution in [0.2, 0.25) is 5.02 Å². The summed E-state index contributed by atoms with van der Waals surface area (Å²) in [6.45, 7) is 1.45. The topological polar surface area (TPSA) is 62.3 Å². The minimum absolute atomic E-state index is 0.0945. The Balaban J connectivity index is 1.52. The van der Waals surface area contributed by atoms with E-state index in [1.807, 2.05) is 4.90 Å². The van der Waals surface area contributed by atoms with Crippen molar-refractivity contribution in [3.63, 3.8) is 0 Å². The van der Waals surface area contributed by atoms with E-state index in [0.29, 0.717) is 10.6 Å². The van der Waals surface area contributed by atoms with Gasteiger partial charge in [-0.25, -0.2) is 0 Å². The summed E-state index contributed by atoms with van der Waals surface area (Å²) >= 11 is 5.99. The van der Waals surface area contributed by atoms with E-state index >= 15 is 0 Å². The van der Waals surface area contributed by atoms with E-state index in [-0.39, 0.29) is 23.8 Å². The quantitative estimate of drug-likeness (QED) is 0.927. The third-order valence-corrected chi connectivity index (χ3v) is 4.41. The number of piperidine rings is 1. The molecule has 2 heterocycles. The van der Waals surface area contributed by atoms with Crippen molar-refractivity contribution in [2.75, 3.05) is 13.1 Å². The first-order valence-corrected chi connectivity index (χ1v) is 7.72. The molecular weight excluding hydrogens is 290 g/mol. The van der Waals surface area contributed by atoms with E-state index in [9.17, 15) is 9.59 Å². The van der Waals surface area contributed by atoms with Crippen LogP contribution in [0.1, 0.15) is 36.0 Å². The third kappa shape index (κ3) is 3.35. The van der Waals surface area contributed by atoms with E-state index in [1.54, 1.807) is 12.3 Å². The second-order valence-corrected chi connectivity index (χ2v) is 6.11. The predicted molar refractivity (Wildman–Crippen MR) is 79.0 cm³/mol. The fraction of sp³-hybridized carbons (Fsp3) is 0.533. The molecule has 0 radical (unpaired) electrons. The molecule has 1 N–H and O–H groups in total. The van der Waals surface area contributed by atoms with Gasteiger partial charge in [0.05, 0.1) is 10.6 Å². The molecule has 1 aliphatic heterocycles. The maximum Gasteiger partial charge on any atom is 0.254 e. The Labute approximate surface area is 128 Å². The average molecular weight is 308 g/mol. The molecule has 5 nitrogen and oxygen atoms in total. The summed E-state index contributed by atoms with van der Waals surface area (Å²) in [6, 6.07) is 1.70. The molecule has 112 valence electrons. The van der Waals surface area contributed by atoms with Gasteiger partial charge >= 0.3 is 0 Å². The van der Waals surface area contributed by atoms with Gasteiger partial charge in [0.25, 0.3) is 5.91 Å². The largest absolute Gasteiger partial charge is 0.349 e. The zero-order valence-corrected chi connectivity index (χ0v) is 12.5. The Kier molecular flexibility index (Phi) is 4.10. The number of nitrogens with zero attached hydrogens (tertiary/aromatic N) is 2. The molecule has 1 saturated heterocycles. The maximum absolute atomic E-state index is 12.2. The van der Waals surface area contributed by atoms with Crippen molar-refractivity contribution in [3.05, 3.63) is 29.0 Å².